The first kappa shape index (κ1) is 21.6. The van der Waals surface area contributed by atoms with Crippen molar-refractivity contribution in [2.45, 2.75) is 46.2 Å². The van der Waals surface area contributed by atoms with Crippen LogP contribution in [-0.2, 0) is 18.5 Å². The van der Waals surface area contributed by atoms with Crippen LogP contribution in [0.4, 0.5) is 0 Å². The lowest BCUT2D eigenvalue weighted by Crippen LogP contribution is -2.38. The Labute approximate surface area is 167 Å². The zero-order chi connectivity index (χ0) is 20.7. The van der Waals surface area contributed by atoms with Crippen molar-refractivity contribution in [3.05, 3.63) is 41.6 Å². The second kappa shape index (κ2) is 9.48. The summed E-state index contributed by atoms with van der Waals surface area (Å²) in [5, 5.41) is 3.31. The van der Waals surface area contributed by atoms with Crippen molar-refractivity contribution >= 4 is 5.96 Å². The Bertz CT molecular complexity index is 793. The number of benzene rings is 1. The fourth-order valence-electron chi connectivity index (χ4n) is 2.66. The maximum absolute atomic E-state index is 5.84. The van der Waals surface area contributed by atoms with E-state index in [-0.39, 0.29) is 5.41 Å². The minimum atomic E-state index is -0.0683. The second-order valence-corrected chi connectivity index (χ2v) is 7.57. The molecule has 0 aliphatic heterocycles. The average Bonchev–Trinajstić information content (AvgIpc) is 3.14. The van der Waals surface area contributed by atoms with Crippen LogP contribution in [0.1, 0.15) is 44.9 Å². The van der Waals surface area contributed by atoms with Crippen LogP contribution < -0.4 is 14.8 Å². The van der Waals surface area contributed by atoms with Crippen LogP contribution in [0.2, 0.25) is 0 Å². The Morgan fingerprint density at radius 3 is 2.57 bits per heavy atom. The highest BCUT2D eigenvalue weighted by Crippen LogP contribution is 2.26. The molecule has 0 atom stereocenters. The van der Waals surface area contributed by atoms with E-state index >= 15 is 0 Å². The van der Waals surface area contributed by atoms with Gasteiger partial charge in [-0.3, -0.25) is 0 Å². The first-order valence-electron chi connectivity index (χ1n) is 9.44. The molecule has 1 heterocycles. The van der Waals surface area contributed by atoms with Gasteiger partial charge in [0, 0.05) is 37.2 Å². The average molecular weight is 389 g/mol. The van der Waals surface area contributed by atoms with Crippen molar-refractivity contribution in [1.82, 2.24) is 15.2 Å². The third kappa shape index (κ3) is 5.65. The predicted octanol–water partition coefficient (Wildman–Crippen LogP) is 3.59. The quantitative estimate of drug-likeness (QED) is 0.577. The summed E-state index contributed by atoms with van der Waals surface area (Å²) in [6, 6.07) is 5.81. The van der Waals surface area contributed by atoms with Crippen molar-refractivity contribution in [1.29, 1.82) is 0 Å². The molecular formula is C21H32N4O3. The molecular weight excluding hydrogens is 356 g/mol. The van der Waals surface area contributed by atoms with E-state index in [4.69, 9.17) is 13.9 Å². The molecule has 2 aromatic rings. The third-order valence-corrected chi connectivity index (χ3v) is 4.26. The third-order valence-electron chi connectivity index (χ3n) is 4.26. The van der Waals surface area contributed by atoms with Crippen LogP contribution in [-0.4, -0.2) is 43.7 Å². The molecule has 0 amide bonds. The van der Waals surface area contributed by atoms with Crippen LogP contribution >= 0.6 is 0 Å². The summed E-state index contributed by atoms with van der Waals surface area (Å²) in [7, 11) is 5.29. The van der Waals surface area contributed by atoms with Crippen LogP contribution in [0.5, 0.6) is 11.5 Å². The van der Waals surface area contributed by atoms with Crippen LogP contribution in [0.3, 0.4) is 0 Å². The highest BCUT2D eigenvalue weighted by Gasteiger charge is 2.19. The number of aliphatic imine (C=N–C) groups is 1. The van der Waals surface area contributed by atoms with E-state index in [0.29, 0.717) is 19.0 Å². The van der Waals surface area contributed by atoms with Gasteiger partial charge in [0.2, 0.25) is 5.89 Å². The first-order chi connectivity index (χ1) is 13.3. The number of oxazole rings is 1. The van der Waals surface area contributed by atoms with Gasteiger partial charge in [-0.05, 0) is 19.1 Å². The van der Waals surface area contributed by atoms with Gasteiger partial charge >= 0.3 is 0 Å². The summed E-state index contributed by atoms with van der Waals surface area (Å²) in [6.07, 6.45) is 1.78. The summed E-state index contributed by atoms with van der Waals surface area (Å²) >= 11 is 0. The Morgan fingerprint density at radius 1 is 1.25 bits per heavy atom. The number of hydrogen-bond acceptors (Lipinski definition) is 5. The van der Waals surface area contributed by atoms with Crippen LogP contribution in [0.15, 0.2) is 33.8 Å². The number of ether oxygens (including phenoxy) is 2. The SMILES string of the molecule is CCNC(=NCc1ncc(C(C)(C)C)o1)N(C)Cc1ccc(OC)cc1OC. The van der Waals surface area contributed by atoms with Crippen molar-refractivity contribution < 1.29 is 13.9 Å². The molecule has 7 nitrogen and oxygen atoms in total. The molecule has 0 fully saturated rings. The number of guanidine groups is 1. The number of nitrogens with zero attached hydrogens (tertiary/aromatic N) is 3. The van der Waals surface area contributed by atoms with Gasteiger partial charge in [0.15, 0.2) is 5.96 Å². The minimum Gasteiger partial charge on any atom is -0.497 e. The largest absolute Gasteiger partial charge is 0.497 e. The Kier molecular flexibility index (Phi) is 7.31. The minimum absolute atomic E-state index is 0.0683. The molecule has 7 heteroatoms. The summed E-state index contributed by atoms with van der Waals surface area (Å²) in [4.78, 5) is 11.1. The summed E-state index contributed by atoms with van der Waals surface area (Å²) in [5.41, 5.74) is 0.976. The van der Waals surface area contributed by atoms with E-state index in [1.807, 2.05) is 37.1 Å². The van der Waals surface area contributed by atoms with E-state index in [9.17, 15) is 0 Å². The van der Waals surface area contributed by atoms with E-state index < -0.39 is 0 Å². The zero-order valence-electron chi connectivity index (χ0n) is 18.0. The molecule has 1 N–H and O–H groups in total. The van der Waals surface area contributed by atoms with E-state index in [0.717, 1.165) is 35.3 Å². The molecule has 1 aromatic heterocycles. The van der Waals surface area contributed by atoms with Gasteiger partial charge in [-0.1, -0.05) is 20.8 Å². The number of methoxy groups -OCH3 is 2. The van der Waals surface area contributed by atoms with Gasteiger partial charge in [0.25, 0.3) is 0 Å². The monoisotopic (exact) mass is 388 g/mol. The van der Waals surface area contributed by atoms with Gasteiger partial charge in [-0.25, -0.2) is 9.98 Å². The smallest absolute Gasteiger partial charge is 0.216 e. The molecule has 154 valence electrons. The number of nitrogens with one attached hydrogen (secondary N) is 1. The fraction of sp³-hybridized carbons (Fsp3) is 0.524. The number of hydrogen-bond donors (Lipinski definition) is 1. The highest BCUT2D eigenvalue weighted by molar-refractivity contribution is 5.79. The molecule has 0 bridgehead atoms. The topological polar surface area (TPSA) is 72.1 Å². The predicted molar refractivity (Wildman–Crippen MR) is 111 cm³/mol. The lowest BCUT2D eigenvalue weighted by atomic mass is 9.94. The zero-order valence-corrected chi connectivity index (χ0v) is 18.0. The van der Waals surface area contributed by atoms with Gasteiger partial charge in [-0.2, -0.15) is 0 Å². The lowest BCUT2D eigenvalue weighted by molar-refractivity contribution is 0.379. The normalized spacial score (nSPS) is 12.0. The molecule has 0 aliphatic rings. The van der Waals surface area contributed by atoms with Crippen molar-refractivity contribution in [2.24, 2.45) is 4.99 Å². The van der Waals surface area contributed by atoms with E-state index in [1.165, 1.54) is 0 Å². The first-order valence-corrected chi connectivity index (χ1v) is 9.44. The summed E-state index contributed by atoms with van der Waals surface area (Å²) in [5.74, 6) is 3.79. The summed E-state index contributed by atoms with van der Waals surface area (Å²) < 4.78 is 16.6. The van der Waals surface area contributed by atoms with E-state index in [1.54, 1.807) is 20.4 Å². The second-order valence-electron chi connectivity index (χ2n) is 7.57. The Hall–Kier alpha value is -2.70. The fourth-order valence-corrected chi connectivity index (χ4v) is 2.66. The molecule has 28 heavy (non-hydrogen) atoms. The van der Waals surface area contributed by atoms with Gasteiger partial charge in [-0.15, -0.1) is 0 Å². The van der Waals surface area contributed by atoms with Gasteiger partial charge < -0.3 is 24.1 Å². The van der Waals surface area contributed by atoms with Crippen LogP contribution in [0.25, 0.3) is 0 Å². The number of aromatic nitrogens is 1. The Balaban J connectivity index is 2.14. The van der Waals surface area contributed by atoms with Crippen LogP contribution in [0, 0.1) is 0 Å². The van der Waals surface area contributed by atoms with Crippen molar-refractivity contribution in [3.63, 3.8) is 0 Å². The van der Waals surface area contributed by atoms with E-state index in [2.05, 4.69) is 36.1 Å². The maximum atomic E-state index is 5.84. The number of rotatable bonds is 7. The highest BCUT2D eigenvalue weighted by atomic mass is 16.5. The molecule has 0 saturated heterocycles. The van der Waals surface area contributed by atoms with Crippen molar-refractivity contribution in [2.75, 3.05) is 27.8 Å². The molecule has 0 saturated carbocycles. The molecule has 0 spiro atoms. The standard InChI is InChI=1S/C21H32N4O3/c1-8-22-20(24-13-19-23-12-18(28-19)21(2,3)4)25(5)14-15-9-10-16(26-6)11-17(15)27-7/h9-12H,8,13-14H2,1-7H3,(H,22,24). The van der Waals surface area contributed by atoms with Gasteiger partial charge in [0.05, 0.1) is 20.4 Å². The maximum Gasteiger partial charge on any atom is 0.216 e. The molecule has 0 radical (unpaired) electrons. The van der Waals surface area contributed by atoms with Gasteiger partial charge in [0.1, 0.15) is 23.8 Å². The summed E-state index contributed by atoms with van der Waals surface area (Å²) in [6.45, 7) is 10.1. The molecule has 0 unspecified atom stereocenters. The molecule has 0 aliphatic carbocycles. The lowest BCUT2D eigenvalue weighted by Gasteiger charge is -2.23. The molecule has 1 aromatic carbocycles. The Morgan fingerprint density at radius 2 is 2.00 bits per heavy atom. The molecule has 2 rings (SSSR count). The van der Waals surface area contributed by atoms with Crippen molar-refractivity contribution in [3.8, 4) is 11.5 Å².